The van der Waals surface area contributed by atoms with Gasteiger partial charge in [0.05, 0.1) is 5.69 Å². The highest BCUT2D eigenvalue weighted by molar-refractivity contribution is 7.17. The van der Waals surface area contributed by atoms with Crippen molar-refractivity contribution < 1.29 is 9.59 Å². The third kappa shape index (κ3) is 3.92. The van der Waals surface area contributed by atoms with Crippen molar-refractivity contribution in [2.24, 2.45) is 0 Å². The number of carbonyl (C=O) groups excluding carboxylic acids is 2. The minimum absolute atomic E-state index is 0.00297. The molecule has 0 fully saturated rings. The molecule has 0 spiro atoms. The minimum Gasteiger partial charge on any atom is -0.301 e. The van der Waals surface area contributed by atoms with Gasteiger partial charge in [0.25, 0.3) is 11.8 Å². The molecule has 0 saturated carbocycles. The topological polar surface area (TPSA) is 64.4 Å². The van der Waals surface area contributed by atoms with Gasteiger partial charge in [0.1, 0.15) is 16.6 Å². The van der Waals surface area contributed by atoms with E-state index in [0.717, 1.165) is 36.9 Å². The van der Waals surface area contributed by atoms with E-state index in [2.05, 4.69) is 47.4 Å². The zero-order valence-corrected chi connectivity index (χ0v) is 20.0. The van der Waals surface area contributed by atoms with Crippen LogP contribution in [0.1, 0.15) is 11.8 Å². The lowest BCUT2D eigenvalue weighted by molar-refractivity contribution is -0.138. The van der Waals surface area contributed by atoms with Crippen LogP contribution in [0.4, 0.5) is 16.4 Å². The number of amides is 2. The van der Waals surface area contributed by atoms with Crippen molar-refractivity contribution in [3.63, 3.8) is 0 Å². The Bertz CT molecular complexity index is 1570. The highest BCUT2D eigenvalue weighted by Crippen LogP contribution is 2.42. The van der Waals surface area contributed by atoms with Gasteiger partial charge in [-0.3, -0.25) is 14.5 Å². The normalized spacial score (nSPS) is 15.1. The molecule has 0 saturated heterocycles. The van der Waals surface area contributed by atoms with Gasteiger partial charge in [-0.1, -0.05) is 54.6 Å². The lowest BCUT2D eigenvalue weighted by atomic mass is 9.95. The molecule has 0 atom stereocenters. The number of para-hydroxylation sites is 1. The van der Waals surface area contributed by atoms with Crippen molar-refractivity contribution in [3.8, 4) is 6.07 Å². The maximum absolute atomic E-state index is 12.8. The monoisotopic (exact) mass is 475 g/mol. The summed E-state index contributed by atoms with van der Waals surface area (Å²) in [5.74, 6) is -0.972. The van der Waals surface area contributed by atoms with Crippen molar-refractivity contribution in [2.75, 3.05) is 11.9 Å². The number of fused-ring (bicyclic) bond motifs is 1. The molecule has 0 radical (unpaired) electrons. The third-order valence-electron chi connectivity index (χ3n) is 6.09. The second-order valence-electron chi connectivity index (χ2n) is 8.18. The predicted octanol–water partition coefficient (Wildman–Crippen LogP) is 6.59. The van der Waals surface area contributed by atoms with Crippen molar-refractivity contribution in [1.82, 2.24) is 4.90 Å². The first-order valence-electron chi connectivity index (χ1n) is 11.1. The number of rotatable bonds is 4. The molecule has 1 aromatic heterocycles. The molecule has 5 rings (SSSR count). The highest BCUT2D eigenvalue weighted by atomic mass is 32.1. The lowest BCUT2D eigenvalue weighted by Gasteiger charge is -2.25. The second-order valence-corrected chi connectivity index (χ2v) is 9.28. The average molecular weight is 476 g/mol. The van der Waals surface area contributed by atoms with Crippen molar-refractivity contribution in [2.45, 2.75) is 6.92 Å². The lowest BCUT2D eigenvalue weighted by Crippen LogP contribution is -2.39. The van der Waals surface area contributed by atoms with E-state index in [-0.39, 0.29) is 5.57 Å². The molecule has 2 heterocycles. The number of hydrogen-bond acceptors (Lipinski definition) is 5. The zero-order chi connectivity index (χ0) is 24.5. The van der Waals surface area contributed by atoms with E-state index in [0.29, 0.717) is 11.1 Å². The van der Waals surface area contributed by atoms with Crippen LogP contribution >= 0.6 is 11.3 Å². The Balaban J connectivity index is 1.64. The largest absolute Gasteiger partial charge is 0.301 e. The molecule has 2 amide bonds. The standard InChI is InChI=1S/C29H21N3O2S/c1-19-24(28(33)31(2)29(34)25(19)18-30)17-22-15-16-27(35-22)32(21-11-4-3-5-12-21)26-14-8-10-20-9-6-7-13-23(20)26/h3-17H,1-2H3/b24-17+. The predicted molar refractivity (Wildman–Crippen MR) is 141 cm³/mol. The Morgan fingerprint density at radius 3 is 2.37 bits per heavy atom. The number of likely N-dealkylation sites (N-methyl/N-ethyl adjacent to an activating group) is 1. The zero-order valence-electron chi connectivity index (χ0n) is 19.2. The van der Waals surface area contributed by atoms with Crippen molar-refractivity contribution in [3.05, 3.63) is 107 Å². The van der Waals surface area contributed by atoms with Gasteiger partial charge in [-0.15, -0.1) is 11.3 Å². The van der Waals surface area contributed by atoms with Crippen LogP contribution in [0.15, 0.2) is 102 Å². The van der Waals surface area contributed by atoms with Crippen LogP contribution in [0.5, 0.6) is 0 Å². The Morgan fingerprint density at radius 2 is 1.60 bits per heavy atom. The van der Waals surface area contributed by atoms with E-state index in [1.807, 2.05) is 48.5 Å². The molecule has 0 N–H and O–H groups in total. The van der Waals surface area contributed by atoms with E-state index in [1.54, 1.807) is 13.0 Å². The van der Waals surface area contributed by atoms with Crippen molar-refractivity contribution in [1.29, 1.82) is 5.26 Å². The maximum Gasteiger partial charge on any atom is 0.271 e. The molecule has 1 aliphatic heterocycles. The molecule has 0 aliphatic carbocycles. The van der Waals surface area contributed by atoms with Gasteiger partial charge in [-0.05, 0) is 54.3 Å². The number of nitriles is 1. The first-order valence-corrected chi connectivity index (χ1v) is 11.9. The number of nitrogens with zero attached hydrogens (tertiary/aromatic N) is 3. The van der Waals surface area contributed by atoms with Gasteiger partial charge >= 0.3 is 0 Å². The quantitative estimate of drug-likeness (QED) is 0.247. The molecule has 0 unspecified atom stereocenters. The third-order valence-corrected chi connectivity index (χ3v) is 7.10. The first-order chi connectivity index (χ1) is 17.0. The number of anilines is 3. The van der Waals surface area contributed by atoms with Crippen LogP contribution < -0.4 is 4.90 Å². The first kappa shape index (κ1) is 22.3. The summed E-state index contributed by atoms with van der Waals surface area (Å²) in [4.78, 5) is 29.2. The molecule has 0 bridgehead atoms. The molecule has 3 aromatic carbocycles. The Labute approximate surface area is 207 Å². The van der Waals surface area contributed by atoms with E-state index >= 15 is 0 Å². The number of thiophene rings is 1. The molecule has 1 aliphatic rings. The van der Waals surface area contributed by atoms with Gasteiger partial charge in [0.15, 0.2) is 0 Å². The van der Waals surface area contributed by atoms with Crippen LogP contribution in [0, 0.1) is 11.3 Å². The minimum atomic E-state index is -0.565. The fourth-order valence-electron chi connectivity index (χ4n) is 4.25. The highest BCUT2D eigenvalue weighted by Gasteiger charge is 2.33. The van der Waals surface area contributed by atoms with Crippen LogP contribution in [0.2, 0.25) is 0 Å². The maximum atomic E-state index is 12.8. The Hall–Kier alpha value is -4.47. The van der Waals surface area contributed by atoms with E-state index < -0.39 is 11.8 Å². The molecule has 6 heteroatoms. The molecule has 5 nitrogen and oxygen atoms in total. The summed E-state index contributed by atoms with van der Waals surface area (Å²) in [6.07, 6.45) is 1.76. The Kier molecular flexibility index (Phi) is 5.77. The Morgan fingerprint density at radius 1 is 0.886 bits per heavy atom. The fraction of sp³-hybridized carbons (Fsp3) is 0.0690. The van der Waals surface area contributed by atoms with Crippen LogP contribution in [0.3, 0.4) is 0 Å². The number of hydrogen-bond donors (Lipinski definition) is 0. The number of carbonyl (C=O) groups is 2. The van der Waals surface area contributed by atoms with E-state index in [4.69, 9.17) is 0 Å². The second kappa shape index (κ2) is 9.05. The van der Waals surface area contributed by atoms with E-state index in [1.165, 1.54) is 18.4 Å². The molecular weight excluding hydrogens is 454 g/mol. The summed E-state index contributed by atoms with van der Waals surface area (Å²) in [5, 5.41) is 12.7. The number of imide groups is 1. The van der Waals surface area contributed by atoms with Gasteiger partial charge < -0.3 is 4.90 Å². The molecule has 170 valence electrons. The molecule has 4 aromatic rings. The smallest absolute Gasteiger partial charge is 0.271 e. The van der Waals surface area contributed by atoms with Gasteiger partial charge in [-0.2, -0.15) is 5.26 Å². The summed E-state index contributed by atoms with van der Waals surface area (Å²) >= 11 is 1.54. The summed E-state index contributed by atoms with van der Waals surface area (Å²) in [5.41, 5.74) is 2.83. The summed E-state index contributed by atoms with van der Waals surface area (Å²) < 4.78 is 0. The van der Waals surface area contributed by atoms with Crippen molar-refractivity contribution >= 4 is 56.4 Å². The SMILES string of the molecule is CC1=C(C#N)C(=O)N(C)C(=O)/C1=C/c1ccc(N(c2ccccc2)c2cccc3ccccc23)s1. The summed E-state index contributed by atoms with van der Waals surface area (Å²) in [6.45, 7) is 1.65. The summed E-state index contributed by atoms with van der Waals surface area (Å²) in [6, 6.07) is 30.6. The molecule has 35 heavy (non-hydrogen) atoms. The fourth-order valence-corrected chi connectivity index (χ4v) is 5.23. The van der Waals surface area contributed by atoms with Gasteiger partial charge in [0.2, 0.25) is 0 Å². The number of benzene rings is 3. The van der Waals surface area contributed by atoms with E-state index in [9.17, 15) is 14.9 Å². The summed E-state index contributed by atoms with van der Waals surface area (Å²) in [7, 11) is 1.40. The van der Waals surface area contributed by atoms with Gasteiger partial charge in [-0.25, -0.2) is 0 Å². The van der Waals surface area contributed by atoms with Crippen LogP contribution in [-0.2, 0) is 9.59 Å². The molecular formula is C29H21N3O2S. The van der Waals surface area contributed by atoms with Crippen LogP contribution in [-0.4, -0.2) is 23.8 Å². The average Bonchev–Trinajstić information content (AvgIpc) is 3.35. The van der Waals surface area contributed by atoms with Gasteiger partial charge in [0, 0.05) is 28.6 Å². The van der Waals surface area contributed by atoms with Crippen LogP contribution in [0.25, 0.3) is 16.8 Å².